The maximum absolute atomic E-state index is 13.0. The molecule has 19 heavy (non-hydrogen) atoms. The molecule has 0 radical (unpaired) electrons. The predicted octanol–water partition coefficient (Wildman–Crippen LogP) is 2.68. The van der Waals surface area contributed by atoms with Gasteiger partial charge in [-0.3, -0.25) is 0 Å². The highest BCUT2D eigenvalue weighted by Crippen LogP contribution is 2.19. The van der Waals surface area contributed by atoms with Gasteiger partial charge in [0.25, 0.3) is 0 Å². The summed E-state index contributed by atoms with van der Waals surface area (Å²) in [5.74, 6) is -0.269. The average Bonchev–Trinajstić information content (AvgIpc) is 2.41. The second-order valence-corrected chi connectivity index (χ2v) is 4.63. The number of anilines is 1. The number of benzene rings is 1. The first-order valence-electron chi connectivity index (χ1n) is 6.07. The molecule has 0 heterocycles. The van der Waals surface area contributed by atoms with Crippen LogP contribution in [0, 0.1) is 5.82 Å². The minimum absolute atomic E-state index is 0.269. The Morgan fingerprint density at radius 3 is 2.47 bits per heavy atom. The van der Waals surface area contributed by atoms with Crippen LogP contribution in [0.15, 0.2) is 22.7 Å². The molecule has 0 amide bonds. The zero-order valence-corrected chi connectivity index (χ0v) is 12.5. The van der Waals surface area contributed by atoms with Gasteiger partial charge >= 0.3 is 0 Å². The summed E-state index contributed by atoms with van der Waals surface area (Å²) in [5, 5.41) is 3.14. The first kappa shape index (κ1) is 16.4. The molecule has 0 saturated heterocycles. The fourth-order valence-corrected chi connectivity index (χ4v) is 1.72. The average molecular weight is 336 g/mol. The van der Waals surface area contributed by atoms with Crippen LogP contribution in [-0.2, 0) is 14.2 Å². The summed E-state index contributed by atoms with van der Waals surface area (Å²) < 4.78 is 28.9. The van der Waals surface area contributed by atoms with Crippen LogP contribution in [0.2, 0.25) is 0 Å². The standard InChI is InChI=1S/C13H19BrFNO3/c1-17-6-7-19-9-8-18-5-4-16-11-2-3-13(15)12(14)10-11/h2-3,10,16H,4-9H2,1H3. The van der Waals surface area contributed by atoms with Crippen molar-refractivity contribution in [3.05, 3.63) is 28.5 Å². The lowest BCUT2D eigenvalue weighted by molar-refractivity contribution is 0.0272. The van der Waals surface area contributed by atoms with Crippen LogP contribution < -0.4 is 5.32 Å². The van der Waals surface area contributed by atoms with Crippen LogP contribution in [0.5, 0.6) is 0 Å². The van der Waals surface area contributed by atoms with Crippen molar-refractivity contribution in [2.45, 2.75) is 0 Å². The van der Waals surface area contributed by atoms with E-state index >= 15 is 0 Å². The molecular formula is C13H19BrFNO3. The zero-order valence-electron chi connectivity index (χ0n) is 11.0. The molecule has 0 bridgehead atoms. The quantitative estimate of drug-likeness (QED) is 0.667. The van der Waals surface area contributed by atoms with Crippen LogP contribution in [0.4, 0.5) is 10.1 Å². The van der Waals surface area contributed by atoms with E-state index in [2.05, 4.69) is 21.2 Å². The van der Waals surface area contributed by atoms with Crippen molar-refractivity contribution in [3.8, 4) is 0 Å². The molecule has 0 unspecified atom stereocenters. The molecule has 0 aliphatic heterocycles. The van der Waals surface area contributed by atoms with Gasteiger partial charge in [-0.1, -0.05) is 0 Å². The summed E-state index contributed by atoms with van der Waals surface area (Å²) in [6.07, 6.45) is 0. The van der Waals surface area contributed by atoms with Gasteiger partial charge < -0.3 is 19.5 Å². The van der Waals surface area contributed by atoms with Crippen molar-refractivity contribution in [2.75, 3.05) is 52.0 Å². The lowest BCUT2D eigenvalue weighted by atomic mass is 10.3. The van der Waals surface area contributed by atoms with Gasteiger partial charge in [-0.25, -0.2) is 4.39 Å². The molecule has 1 rings (SSSR count). The Kier molecular flexibility index (Phi) is 8.73. The molecule has 0 aliphatic carbocycles. The highest BCUT2D eigenvalue weighted by atomic mass is 79.9. The summed E-state index contributed by atoms with van der Waals surface area (Å²) >= 11 is 3.14. The third-order valence-electron chi connectivity index (χ3n) is 2.30. The molecule has 1 aromatic rings. The van der Waals surface area contributed by atoms with E-state index in [0.29, 0.717) is 44.1 Å². The van der Waals surface area contributed by atoms with Crippen molar-refractivity contribution in [2.24, 2.45) is 0 Å². The van der Waals surface area contributed by atoms with Crippen LogP contribution >= 0.6 is 15.9 Å². The van der Waals surface area contributed by atoms with E-state index < -0.39 is 0 Å². The third kappa shape index (κ3) is 7.47. The summed E-state index contributed by atoms with van der Waals surface area (Å²) in [6.45, 7) is 3.53. The molecule has 0 aromatic heterocycles. The fraction of sp³-hybridized carbons (Fsp3) is 0.538. The van der Waals surface area contributed by atoms with E-state index in [1.165, 1.54) is 6.07 Å². The maximum Gasteiger partial charge on any atom is 0.137 e. The van der Waals surface area contributed by atoms with E-state index in [4.69, 9.17) is 14.2 Å². The highest BCUT2D eigenvalue weighted by Gasteiger charge is 1.99. The second-order valence-electron chi connectivity index (χ2n) is 3.77. The second kappa shape index (κ2) is 10.1. The molecule has 6 heteroatoms. The largest absolute Gasteiger partial charge is 0.383 e. The number of hydrogen-bond donors (Lipinski definition) is 1. The lowest BCUT2D eigenvalue weighted by Crippen LogP contribution is -2.13. The van der Waals surface area contributed by atoms with Crippen LogP contribution in [0.1, 0.15) is 0 Å². The Morgan fingerprint density at radius 1 is 1.11 bits per heavy atom. The van der Waals surface area contributed by atoms with Crippen molar-refractivity contribution in [3.63, 3.8) is 0 Å². The summed E-state index contributed by atoms with van der Waals surface area (Å²) in [6, 6.07) is 4.80. The van der Waals surface area contributed by atoms with E-state index in [-0.39, 0.29) is 5.82 Å². The number of hydrogen-bond acceptors (Lipinski definition) is 4. The molecule has 1 aromatic carbocycles. The molecule has 0 atom stereocenters. The number of ether oxygens (including phenoxy) is 3. The first-order chi connectivity index (χ1) is 9.24. The van der Waals surface area contributed by atoms with E-state index in [1.807, 2.05) is 0 Å². The SMILES string of the molecule is COCCOCCOCCNc1ccc(F)c(Br)c1. The molecule has 1 N–H and O–H groups in total. The van der Waals surface area contributed by atoms with E-state index in [1.54, 1.807) is 19.2 Å². The Balaban J connectivity index is 2.00. The van der Waals surface area contributed by atoms with Gasteiger partial charge in [-0.05, 0) is 34.1 Å². The van der Waals surface area contributed by atoms with E-state index in [9.17, 15) is 4.39 Å². The van der Waals surface area contributed by atoms with Crippen LogP contribution in [0.3, 0.4) is 0 Å². The Hall–Kier alpha value is -0.690. The number of nitrogens with one attached hydrogen (secondary N) is 1. The highest BCUT2D eigenvalue weighted by molar-refractivity contribution is 9.10. The van der Waals surface area contributed by atoms with Gasteiger partial charge in [-0.15, -0.1) is 0 Å². The number of halogens is 2. The van der Waals surface area contributed by atoms with Gasteiger partial charge in [0.15, 0.2) is 0 Å². The Bertz CT molecular complexity index is 366. The minimum Gasteiger partial charge on any atom is -0.383 e. The monoisotopic (exact) mass is 335 g/mol. The minimum atomic E-state index is -0.269. The number of rotatable bonds is 10. The topological polar surface area (TPSA) is 39.7 Å². The van der Waals surface area contributed by atoms with Gasteiger partial charge in [0, 0.05) is 19.3 Å². The predicted molar refractivity (Wildman–Crippen MR) is 76.1 cm³/mol. The summed E-state index contributed by atoms with van der Waals surface area (Å²) in [4.78, 5) is 0. The number of methoxy groups -OCH3 is 1. The molecular weight excluding hydrogens is 317 g/mol. The Labute approximate surface area is 121 Å². The normalized spacial score (nSPS) is 10.7. The van der Waals surface area contributed by atoms with E-state index in [0.717, 1.165) is 5.69 Å². The van der Waals surface area contributed by atoms with Crippen LogP contribution in [0.25, 0.3) is 0 Å². The zero-order chi connectivity index (χ0) is 13.9. The molecule has 108 valence electrons. The maximum atomic E-state index is 13.0. The van der Waals surface area contributed by atoms with Crippen molar-refractivity contribution in [1.29, 1.82) is 0 Å². The van der Waals surface area contributed by atoms with Crippen molar-refractivity contribution in [1.82, 2.24) is 0 Å². The molecule has 0 aliphatic rings. The smallest absolute Gasteiger partial charge is 0.137 e. The Morgan fingerprint density at radius 2 is 1.79 bits per heavy atom. The fourth-order valence-electron chi connectivity index (χ4n) is 1.34. The lowest BCUT2D eigenvalue weighted by Gasteiger charge is -2.08. The van der Waals surface area contributed by atoms with Gasteiger partial charge in [-0.2, -0.15) is 0 Å². The third-order valence-corrected chi connectivity index (χ3v) is 2.91. The van der Waals surface area contributed by atoms with Gasteiger partial charge in [0.1, 0.15) is 5.82 Å². The molecule has 0 fully saturated rings. The van der Waals surface area contributed by atoms with Gasteiger partial charge in [0.2, 0.25) is 0 Å². The van der Waals surface area contributed by atoms with Crippen LogP contribution in [-0.4, -0.2) is 46.7 Å². The van der Waals surface area contributed by atoms with Crippen molar-refractivity contribution >= 4 is 21.6 Å². The molecule has 4 nitrogen and oxygen atoms in total. The van der Waals surface area contributed by atoms with Gasteiger partial charge in [0.05, 0.1) is 37.5 Å². The summed E-state index contributed by atoms with van der Waals surface area (Å²) in [5.41, 5.74) is 0.855. The van der Waals surface area contributed by atoms with Crippen molar-refractivity contribution < 1.29 is 18.6 Å². The molecule has 0 saturated carbocycles. The first-order valence-corrected chi connectivity index (χ1v) is 6.86. The molecule has 0 spiro atoms. The summed E-state index contributed by atoms with van der Waals surface area (Å²) in [7, 11) is 1.64.